The zero-order valence-corrected chi connectivity index (χ0v) is 35.2. The normalized spacial score (nSPS) is 11.3. The Morgan fingerprint density at radius 3 is 1.46 bits per heavy atom. The zero-order chi connectivity index (χ0) is 43.0. The van der Waals surface area contributed by atoms with Crippen LogP contribution in [0, 0.1) is 11.3 Å². The molecule has 5 heteroatoms. The summed E-state index contributed by atoms with van der Waals surface area (Å²) in [4.78, 5) is 4.54. The number of hydrogen-bond donors (Lipinski definition) is 0. The molecule has 0 fully saturated rings. The Labute approximate surface area is 369 Å². The molecule has 0 aromatic heterocycles. The number of benzene rings is 9. The van der Waals surface area contributed by atoms with E-state index in [2.05, 4.69) is 204 Å². The van der Waals surface area contributed by atoms with Crippen LogP contribution in [0.15, 0.2) is 200 Å². The molecule has 0 saturated carbocycles. The number of nitrogens with zero attached hydrogens (tertiary/aromatic N) is 3. The second kappa shape index (κ2) is 18.5. The topological polar surface area (TPSA) is 48.7 Å². The van der Waals surface area contributed by atoms with Crippen molar-refractivity contribution in [3.8, 4) is 17.6 Å². The number of hydrogen-bond acceptors (Lipinski definition) is 5. The predicted molar refractivity (Wildman–Crippen MR) is 263 cm³/mol. The predicted octanol–water partition coefficient (Wildman–Crippen LogP) is 15.0. The summed E-state index contributed by atoms with van der Waals surface area (Å²) in [7, 11) is 3.37. The number of fused-ring (bicyclic) bond motifs is 2. The highest BCUT2D eigenvalue weighted by atomic mass is 16.5. The van der Waals surface area contributed by atoms with Crippen LogP contribution in [0.1, 0.15) is 33.4 Å². The van der Waals surface area contributed by atoms with E-state index in [0.29, 0.717) is 5.56 Å². The molecular weight excluding hydrogens is 771 g/mol. The van der Waals surface area contributed by atoms with E-state index >= 15 is 0 Å². The van der Waals surface area contributed by atoms with Crippen LogP contribution in [-0.2, 0) is 6.54 Å². The third-order valence-electron chi connectivity index (χ3n) is 11.3. The van der Waals surface area contributed by atoms with Gasteiger partial charge in [-0.2, -0.15) is 5.26 Å². The molecule has 0 amide bonds. The van der Waals surface area contributed by atoms with E-state index < -0.39 is 0 Å². The largest absolute Gasteiger partial charge is 0.497 e. The van der Waals surface area contributed by atoms with Gasteiger partial charge in [0.25, 0.3) is 0 Å². The van der Waals surface area contributed by atoms with Gasteiger partial charge in [-0.25, -0.2) is 0 Å². The number of anilines is 5. The molecule has 0 saturated heterocycles. The van der Waals surface area contributed by atoms with Crippen molar-refractivity contribution >= 4 is 74.3 Å². The van der Waals surface area contributed by atoms with Crippen LogP contribution in [0.25, 0.3) is 45.8 Å². The summed E-state index contributed by atoms with van der Waals surface area (Å²) >= 11 is 0. The lowest BCUT2D eigenvalue weighted by Gasteiger charge is -2.25. The molecule has 0 N–H and O–H groups in total. The first-order chi connectivity index (χ1) is 31.0. The van der Waals surface area contributed by atoms with Crippen LogP contribution in [0.3, 0.4) is 0 Å². The van der Waals surface area contributed by atoms with E-state index in [-0.39, 0.29) is 0 Å². The third kappa shape index (κ3) is 9.07. The van der Waals surface area contributed by atoms with E-state index in [1.807, 2.05) is 36.4 Å². The number of methoxy groups -OCH3 is 2. The molecule has 0 bridgehead atoms. The summed E-state index contributed by atoms with van der Waals surface area (Å²) in [6.45, 7) is 0.740. The van der Waals surface area contributed by atoms with Gasteiger partial charge in [0.2, 0.25) is 0 Å². The average Bonchev–Trinajstić information content (AvgIpc) is 3.35. The molecule has 0 aliphatic carbocycles. The van der Waals surface area contributed by atoms with Gasteiger partial charge in [-0.1, -0.05) is 121 Å². The Hall–Kier alpha value is -8.33. The monoisotopic (exact) mass is 815 g/mol. The summed E-state index contributed by atoms with van der Waals surface area (Å²) in [5.41, 5.74) is 11.6. The van der Waals surface area contributed by atoms with Crippen LogP contribution >= 0.6 is 0 Å². The molecule has 0 radical (unpaired) electrons. The van der Waals surface area contributed by atoms with Crippen molar-refractivity contribution in [1.82, 2.24) is 0 Å². The van der Waals surface area contributed by atoms with E-state index in [1.54, 1.807) is 14.2 Å². The Kier molecular flexibility index (Phi) is 11.8. The van der Waals surface area contributed by atoms with Crippen molar-refractivity contribution in [1.29, 1.82) is 5.26 Å². The van der Waals surface area contributed by atoms with Crippen molar-refractivity contribution in [3.05, 3.63) is 234 Å². The van der Waals surface area contributed by atoms with Gasteiger partial charge in [0.1, 0.15) is 17.6 Å². The van der Waals surface area contributed by atoms with Crippen molar-refractivity contribution in [2.75, 3.05) is 24.0 Å². The molecule has 0 aliphatic heterocycles. The summed E-state index contributed by atoms with van der Waals surface area (Å²) in [6.07, 6.45) is 8.50. The van der Waals surface area contributed by atoms with Gasteiger partial charge >= 0.3 is 0 Å². The smallest absolute Gasteiger partial charge is 0.119 e. The first-order valence-corrected chi connectivity index (χ1v) is 21.0. The zero-order valence-electron chi connectivity index (χ0n) is 35.2. The van der Waals surface area contributed by atoms with Crippen LogP contribution in [0.2, 0.25) is 0 Å². The molecule has 0 aliphatic rings. The Bertz CT molecular complexity index is 3080. The maximum atomic E-state index is 10.5. The molecular formula is C58H45N3O2. The maximum Gasteiger partial charge on any atom is 0.119 e. The first kappa shape index (κ1) is 40.1. The SMILES string of the molecule is COc1ccc(N(Cc2ccccc2)c2ccc(/C=C\c3ccc4cc5cc(/C=C\c6ccc(N(c7ccccc7)c7ccc(OC)cc7)cc6)ccc5c(C#N)c4c3)cc2)cc1. The average molecular weight is 816 g/mol. The minimum absolute atomic E-state index is 0.685. The lowest BCUT2D eigenvalue weighted by Crippen LogP contribution is -2.16. The van der Waals surface area contributed by atoms with Gasteiger partial charge in [0, 0.05) is 45.8 Å². The molecule has 304 valence electrons. The van der Waals surface area contributed by atoms with Gasteiger partial charge in [-0.15, -0.1) is 0 Å². The van der Waals surface area contributed by atoms with Crippen molar-refractivity contribution in [2.45, 2.75) is 6.54 Å². The standard InChI is InChI=1S/C58H45N3O2/c1-62-54-32-28-50(29-33-54)60(41-46-9-5-3-6-10-46)49-24-18-42(19-25-49)14-16-45-17-23-47-39-48-37-44(22-36-56(48)58(40-59)57(47)38-45)15-13-43-20-26-52(27-21-43)61(51-11-7-4-8-12-51)53-30-34-55(63-2)35-31-53/h3-39H,41H2,1-2H3/b15-13-,16-14-. The number of ether oxygens (including phenoxy) is 2. The van der Waals surface area contributed by atoms with E-state index in [9.17, 15) is 5.26 Å². The lowest BCUT2D eigenvalue weighted by atomic mass is 9.94. The maximum absolute atomic E-state index is 10.5. The Morgan fingerprint density at radius 1 is 0.429 bits per heavy atom. The highest BCUT2D eigenvalue weighted by Crippen LogP contribution is 2.36. The molecule has 9 rings (SSSR count). The molecule has 9 aromatic carbocycles. The molecule has 63 heavy (non-hydrogen) atoms. The van der Waals surface area contributed by atoms with Gasteiger partial charge in [0.15, 0.2) is 0 Å². The van der Waals surface area contributed by atoms with Gasteiger partial charge in [0.05, 0.1) is 19.8 Å². The van der Waals surface area contributed by atoms with Crippen molar-refractivity contribution in [3.63, 3.8) is 0 Å². The summed E-state index contributed by atoms with van der Waals surface area (Å²) in [5, 5.41) is 14.4. The Morgan fingerprint density at radius 2 is 0.889 bits per heavy atom. The first-order valence-electron chi connectivity index (χ1n) is 21.0. The number of para-hydroxylation sites is 1. The highest BCUT2D eigenvalue weighted by molar-refractivity contribution is 6.05. The molecule has 9 aromatic rings. The second-order valence-electron chi connectivity index (χ2n) is 15.3. The summed E-state index contributed by atoms with van der Waals surface area (Å²) < 4.78 is 10.8. The second-order valence-corrected chi connectivity index (χ2v) is 15.3. The van der Waals surface area contributed by atoms with Gasteiger partial charge in [-0.05, 0) is 142 Å². The molecule has 0 atom stereocenters. The quantitative estimate of drug-likeness (QED) is 0.0857. The number of rotatable bonds is 13. The van der Waals surface area contributed by atoms with E-state index in [0.717, 1.165) is 90.3 Å². The van der Waals surface area contributed by atoms with Crippen LogP contribution < -0.4 is 19.3 Å². The van der Waals surface area contributed by atoms with Crippen LogP contribution in [0.4, 0.5) is 28.4 Å². The van der Waals surface area contributed by atoms with Crippen LogP contribution in [-0.4, -0.2) is 14.2 Å². The highest BCUT2D eigenvalue weighted by Gasteiger charge is 2.14. The third-order valence-corrected chi connectivity index (χ3v) is 11.3. The summed E-state index contributed by atoms with van der Waals surface area (Å²) in [5.74, 6) is 1.65. The lowest BCUT2D eigenvalue weighted by molar-refractivity contribution is 0.414. The van der Waals surface area contributed by atoms with E-state index in [4.69, 9.17) is 9.47 Å². The molecule has 0 spiro atoms. The minimum Gasteiger partial charge on any atom is -0.497 e. The minimum atomic E-state index is 0.685. The van der Waals surface area contributed by atoms with Crippen molar-refractivity contribution in [2.24, 2.45) is 0 Å². The molecule has 0 unspecified atom stereocenters. The van der Waals surface area contributed by atoms with Gasteiger partial charge in [-0.3, -0.25) is 0 Å². The van der Waals surface area contributed by atoms with Crippen molar-refractivity contribution < 1.29 is 9.47 Å². The molecule has 5 nitrogen and oxygen atoms in total. The van der Waals surface area contributed by atoms with Gasteiger partial charge < -0.3 is 19.3 Å². The molecule has 0 heterocycles. The van der Waals surface area contributed by atoms with E-state index in [1.165, 1.54) is 5.56 Å². The summed E-state index contributed by atoms with van der Waals surface area (Å²) in [6, 6.07) is 71.7. The fourth-order valence-electron chi connectivity index (χ4n) is 7.99. The number of nitriles is 1. The fourth-order valence-corrected chi connectivity index (χ4v) is 7.99. The fraction of sp³-hybridized carbons (Fsp3) is 0.0517. The van der Waals surface area contributed by atoms with Crippen LogP contribution in [0.5, 0.6) is 11.5 Å². The Balaban J connectivity index is 0.924.